The molecule has 2 aliphatic carbocycles. The van der Waals surface area contributed by atoms with E-state index in [1.807, 2.05) is 12.1 Å². The molecule has 3 heteroatoms. The van der Waals surface area contributed by atoms with Crippen LogP contribution < -0.4 is 0 Å². The average molecular weight is 300 g/mol. The zero-order valence-corrected chi connectivity index (χ0v) is 12.9. The Balaban J connectivity index is 1.46. The first kappa shape index (κ1) is 14.4. The second kappa shape index (κ2) is 5.80. The van der Waals surface area contributed by atoms with Gasteiger partial charge in [-0.2, -0.15) is 0 Å². The van der Waals surface area contributed by atoms with Gasteiger partial charge in [0.05, 0.1) is 25.9 Å². The Hall–Kier alpha value is -1.16. The molecular weight excluding hydrogens is 276 g/mol. The van der Waals surface area contributed by atoms with E-state index in [4.69, 9.17) is 14.2 Å². The van der Waals surface area contributed by atoms with Gasteiger partial charge in [-0.15, -0.1) is 6.58 Å². The van der Waals surface area contributed by atoms with Crippen molar-refractivity contribution in [2.45, 2.75) is 37.8 Å². The predicted molar refractivity (Wildman–Crippen MR) is 84.2 cm³/mol. The van der Waals surface area contributed by atoms with Gasteiger partial charge in [-0.3, -0.25) is 0 Å². The predicted octanol–water partition coefficient (Wildman–Crippen LogP) is 3.55. The van der Waals surface area contributed by atoms with Crippen molar-refractivity contribution in [1.29, 1.82) is 0 Å². The Kier molecular flexibility index (Phi) is 3.81. The van der Waals surface area contributed by atoms with E-state index >= 15 is 0 Å². The summed E-state index contributed by atoms with van der Waals surface area (Å²) in [5, 5.41) is 0. The van der Waals surface area contributed by atoms with Gasteiger partial charge in [-0.25, -0.2) is 0 Å². The minimum atomic E-state index is -0.342. The third-order valence-electron chi connectivity index (χ3n) is 5.62. The summed E-state index contributed by atoms with van der Waals surface area (Å²) < 4.78 is 18.4. The number of allylic oxidation sites excluding steroid dienone is 1. The number of hydrogen-bond acceptors (Lipinski definition) is 3. The molecule has 0 N–H and O–H groups in total. The lowest BCUT2D eigenvalue weighted by molar-refractivity contribution is -0.236. The smallest absolute Gasteiger partial charge is 0.174 e. The molecule has 0 unspecified atom stereocenters. The zero-order valence-electron chi connectivity index (χ0n) is 12.9. The average Bonchev–Trinajstić information content (AvgIpc) is 3.25. The molecular formula is C19H24O3. The molecule has 0 aromatic heterocycles. The standard InChI is InChI=1S/C19H24O3/c1-2-6-17-16-11-15(19(17)21-9-10-22-19)12-18(16)20-13-14-7-4-3-5-8-14/h2-5,7-8,15-18H,1,6,9-13H2/t15-,16-,17+,18+/m0/s1. The maximum Gasteiger partial charge on any atom is 0.174 e. The lowest BCUT2D eigenvalue weighted by atomic mass is 9.79. The van der Waals surface area contributed by atoms with Gasteiger partial charge in [0.15, 0.2) is 5.79 Å². The third-order valence-corrected chi connectivity index (χ3v) is 5.62. The van der Waals surface area contributed by atoms with Gasteiger partial charge in [0.2, 0.25) is 0 Å². The first-order valence-electron chi connectivity index (χ1n) is 8.38. The van der Waals surface area contributed by atoms with E-state index in [9.17, 15) is 0 Å². The molecule has 2 bridgehead atoms. The summed E-state index contributed by atoms with van der Waals surface area (Å²) in [7, 11) is 0. The molecule has 1 aromatic rings. The summed E-state index contributed by atoms with van der Waals surface area (Å²) in [5.74, 6) is 1.06. The van der Waals surface area contributed by atoms with Gasteiger partial charge < -0.3 is 14.2 Å². The Bertz CT molecular complexity index is 521. The van der Waals surface area contributed by atoms with E-state index in [0.29, 0.717) is 30.5 Å². The van der Waals surface area contributed by atoms with Crippen molar-refractivity contribution in [3.63, 3.8) is 0 Å². The molecule has 118 valence electrons. The molecule has 1 aliphatic heterocycles. The van der Waals surface area contributed by atoms with Crippen LogP contribution in [0.2, 0.25) is 0 Å². The minimum Gasteiger partial charge on any atom is -0.373 e. The Morgan fingerprint density at radius 3 is 2.68 bits per heavy atom. The Morgan fingerprint density at radius 1 is 1.18 bits per heavy atom. The molecule has 3 aliphatic rings. The van der Waals surface area contributed by atoms with E-state index in [-0.39, 0.29) is 5.79 Å². The SMILES string of the molecule is C=CC[C@@H]1[C@@H]2C[C@@H](C[C@H]2OCc2ccccc2)C12OCCO2. The van der Waals surface area contributed by atoms with Crippen molar-refractivity contribution >= 4 is 0 Å². The molecule has 1 aromatic carbocycles. The zero-order chi connectivity index (χ0) is 15.0. The normalized spacial score (nSPS) is 35.3. The van der Waals surface area contributed by atoms with Crippen LogP contribution >= 0.6 is 0 Å². The summed E-state index contributed by atoms with van der Waals surface area (Å²) in [6, 6.07) is 10.4. The summed E-state index contributed by atoms with van der Waals surface area (Å²) >= 11 is 0. The van der Waals surface area contributed by atoms with Gasteiger partial charge in [0.1, 0.15) is 0 Å². The van der Waals surface area contributed by atoms with Crippen LogP contribution in [0.15, 0.2) is 43.0 Å². The topological polar surface area (TPSA) is 27.7 Å². The van der Waals surface area contributed by atoms with Crippen LogP contribution in [0.4, 0.5) is 0 Å². The largest absolute Gasteiger partial charge is 0.373 e. The minimum absolute atomic E-state index is 0.327. The number of ether oxygens (including phenoxy) is 3. The van der Waals surface area contributed by atoms with Gasteiger partial charge >= 0.3 is 0 Å². The highest BCUT2D eigenvalue weighted by molar-refractivity contribution is 5.14. The quantitative estimate of drug-likeness (QED) is 0.778. The highest BCUT2D eigenvalue weighted by Crippen LogP contribution is 2.60. The first-order chi connectivity index (χ1) is 10.8. The fourth-order valence-electron chi connectivity index (χ4n) is 4.77. The van der Waals surface area contributed by atoms with Crippen molar-refractivity contribution in [3.8, 4) is 0 Å². The second-order valence-corrected chi connectivity index (χ2v) is 6.72. The second-order valence-electron chi connectivity index (χ2n) is 6.72. The lowest BCUT2D eigenvalue weighted by Crippen LogP contribution is -2.48. The highest BCUT2D eigenvalue weighted by Gasteiger charge is 2.64. The molecule has 0 amide bonds. The van der Waals surface area contributed by atoms with Crippen LogP contribution in [0.1, 0.15) is 24.8 Å². The molecule has 4 atom stereocenters. The molecule has 1 spiro atoms. The van der Waals surface area contributed by atoms with E-state index < -0.39 is 0 Å². The lowest BCUT2D eigenvalue weighted by Gasteiger charge is -2.41. The third kappa shape index (κ3) is 2.23. The summed E-state index contributed by atoms with van der Waals surface area (Å²) in [6.07, 6.45) is 5.51. The maximum atomic E-state index is 6.26. The van der Waals surface area contributed by atoms with Crippen LogP contribution in [0.3, 0.4) is 0 Å². The molecule has 1 heterocycles. The van der Waals surface area contributed by atoms with Crippen molar-refractivity contribution in [2.24, 2.45) is 17.8 Å². The van der Waals surface area contributed by atoms with Crippen LogP contribution in [0, 0.1) is 17.8 Å². The number of rotatable bonds is 5. The van der Waals surface area contributed by atoms with Gasteiger partial charge in [-0.05, 0) is 30.7 Å². The number of hydrogen-bond donors (Lipinski definition) is 0. The number of fused-ring (bicyclic) bond motifs is 3. The monoisotopic (exact) mass is 300 g/mol. The fraction of sp³-hybridized carbons (Fsp3) is 0.579. The molecule has 2 saturated carbocycles. The van der Waals surface area contributed by atoms with Crippen LogP contribution in [0.5, 0.6) is 0 Å². The van der Waals surface area contributed by atoms with Crippen molar-refractivity contribution < 1.29 is 14.2 Å². The fourth-order valence-corrected chi connectivity index (χ4v) is 4.77. The molecule has 22 heavy (non-hydrogen) atoms. The van der Waals surface area contributed by atoms with Crippen molar-refractivity contribution in [2.75, 3.05) is 13.2 Å². The van der Waals surface area contributed by atoms with Crippen molar-refractivity contribution in [3.05, 3.63) is 48.6 Å². The molecule has 1 saturated heterocycles. The van der Waals surface area contributed by atoms with E-state index in [2.05, 4.69) is 30.8 Å². The van der Waals surface area contributed by atoms with E-state index in [1.165, 1.54) is 5.56 Å². The van der Waals surface area contributed by atoms with Crippen LogP contribution in [0.25, 0.3) is 0 Å². The van der Waals surface area contributed by atoms with Crippen LogP contribution in [-0.4, -0.2) is 25.1 Å². The summed E-state index contributed by atoms with van der Waals surface area (Å²) in [4.78, 5) is 0. The maximum absolute atomic E-state index is 6.26. The van der Waals surface area contributed by atoms with Gasteiger partial charge in [-0.1, -0.05) is 36.4 Å². The van der Waals surface area contributed by atoms with E-state index in [0.717, 1.165) is 32.5 Å². The molecule has 0 radical (unpaired) electrons. The van der Waals surface area contributed by atoms with Gasteiger partial charge in [0, 0.05) is 11.8 Å². The molecule has 3 nitrogen and oxygen atoms in total. The summed E-state index contributed by atoms with van der Waals surface area (Å²) in [5.41, 5.74) is 1.24. The van der Waals surface area contributed by atoms with Gasteiger partial charge in [0.25, 0.3) is 0 Å². The Morgan fingerprint density at radius 2 is 1.95 bits per heavy atom. The molecule has 4 rings (SSSR count). The number of benzene rings is 1. The van der Waals surface area contributed by atoms with Crippen molar-refractivity contribution in [1.82, 2.24) is 0 Å². The highest BCUT2D eigenvalue weighted by atomic mass is 16.7. The first-order valence-corrected chi connectivity index (χ1v) is 8.38. The molecule has 3 fully saturated rings. The summed E-state index contributed by atoms with van der Waals surface area (Å²) in [6.45, 7) is 6.08. The van der Waals surface area contributed by atoms with Crippen LogP contribution in [-0.2, 0) is 20.8 Å². The van der Waals surface area contributed by atoms with E-state index in [1.54, 1.807) is 0 Å². The Labute approximate surface area is 132 Å².